The summed E-state index contributed by atoms with van der Waals surface area (Å²) in [6.07, 6.45) is 10.3. The maximum absolute atomic E-state index is 11.3. The second-order valence-electron chi connectivity index (χ2n) is 6.37. The van der Waals surface area contributed by atoms with Crippen molar-refractivity contribution in [2.75, 3.05) is 5.32 Å². The van der Waals surface area contributed by atoms with Crippen molar-refractivity contribution in [1.82, 2.24) is 19.7 Å². The van der Waals surface area contributed by atoms with Crippen LogP contribution in [-0.2, 0) is 17.8 Å². The van der Waals surface area contributed by atoms with Crippen LogP contribution in [0.1, 0.15) is 31.7 Å². The molecule has 0 bridgehead atoms. The van der Waals surface area contributed by atoms with Crippen LogP contribution in [0.15, 0.2) is 30.5 Å². The van der Waals surface area contributed by atoms with Gasteiger partial charge in [-0.1, -0.05) is 25.2 Å². The molecule has 0 fully saturated rings. The molecule has 1 N–H and O–H groups in total. The Morgan fingerprint density at radius 2 is 2.29 bits per heavy atom. The lowest BCUT2D eigenvalue weighted by molar-refractivity contribution is -0.114. The number of fused-ring (bicyclic) bond motifs is 3. The van der Waals surface area contributed by atoms with Crippen molar-refractivity contribution in [3.63, 3.8) is 0 Å². The third kappa shape index (κ3) is 2.64. The van der Waals surface area contributed by atoms with Gasteiger partial charge in [-0.05, 0) is 18.8 Å². The van der Waals surface area contributed by atoms with Crippen LogP contribution in [0, 0.1) is 5.92 Å². The lowest BCUT2D eigenvalue weighted by atomic mass is 9.97. The van der Waals surface area contributed by atoms with Crippen molar-refractivity contribution >= 4 is 17.3 Å². The number of aryl methyl sites for hydroxylation is 2. The van der Waals surface area contributed by atoms with E-state index in [9.17, 15) is 4.79 Å². The molecule has 0 radical (unpaired) electrons. The van der Waals surface area contributed by atoms with Gasteiger partial charge in [-0.15, -0.1) is 0 Å². The Kier molecular flexibility index (Phi) is 3.52. The normalized spacial score (nSPS) is 18.6. The summed E-state index contributed by atoms with van der Waals surface area (Å²) in [7, 11) is 0. The van der Waals surface area contributed by atoms with E-state index in [1.54, 1.807) is 0 Å². The Morgan fingerprint density at radius 1 is 1.42 bits per heavy atom. The molecule has 2 aromatic heterocycles. The minimum absolute atomic E-state index is 0.125. The summed E-state index contributed by atoms with van der Waals surface area (Å²) >= 11 is 0. The summed E-state index contributed by atoms with van der Waals surface area (Å²) in [6.45, 7) is 4.44. The Hall–Kier alpha value is -2.76. The predicted molar refractivity (Wildman–Crippen MR) is 92.2 cm³/mol. The van der Waals surface area contributed by atoms with Crippen LogP contribution in [0.5, 0.6) is 0 Å². The summed E-state index contributed by atoms with van der Waals surface area (Å²) in [5.41, 5.74) is 4.02. The van der Waals surface area contributed by atoms with Gasteiger partial charge in [-0.2, -0.15) is 5.10 Å². The second kappa shape index (κ2) is 5.70. The highest BCUT2D eigenvalue weighted by molar-refractivity contribution is 5.88. The van der Waals surface area contributed by atoms with E-state index in [0.29, 0.717) is 11.7 Å². The molecule has 6 heteroatoms. The van der Waals surface area contributed by atoms with E-state index in [-0.39, 0.29) is 5.91 Å². The van der Waals surface area contributed by atoms with E-state index >= 15 is 0 Å². The maximum Gasteiger partial charge on any atom is 0.222 e. The van der Waals surface area contributed by atoms with Crippen LogP contribution in [0.2, 0.25) is 0 Å². The zero-order valence-electron chi connectivity index (χ0n) is 13.8. The molecule has 0 spiro atoms. The number of hydrogen-bond donors (Lipinski definition) is 1. The largest absolute Gasteiger partial charge is 0.309 e. The summed E-state index contributed by atoms with van der Waals surface area (Å²) in [5.74, 6) is 1.69. The fourth-order valence-electron chi connectivity index (χ4n) is 3.19. The van der Waals surface area contributed by atoms with Crippen LogP contribution in [0.25, 0.3) is 17.0 Å². The monoisotopic (exact) mass is 321 g/mol. The molecule has 1 atom stereocenters. The number of amides is 1. The van der Waals surface area contributed by atoms with Gasteiger partial charge >= 0.3 is 0 Å². The molecule has 4 rings (SSSR count). The predicted octanol–water partition coefficient (Wildman–Crippen LogP) is 2.83. The number of carbonyl (C=O) groups is 1. The van der Waals surface area contributed by atoms with Crippen molar-refractivity contribution in [2.45, 2.75) is 33.2 Å². The van der Waals surface area contributed by atoms with Gasteiger partial charge in [0.05, 0.1) is 11.4 Å². The average molecular weight is 321 g/mol. The van der Waals surface area contributed by atoms with E-state index in [4.69, 9.17) is 4.98 Å². The number of allylic oxidation sites excluding steroid dienone is 4. The topological polar surface area (TPSA) is 72.7 Å². The number of aromatic nitrogens is 4. The highest BCUT2D eigenvalue weighted by atomic mass is 16.1. The van der Waals surface area contributed by atoms with Crippen molar-refractivity contribution in [3.8, 4) is 11.4 Å². The zero-order valence-corrected chi connectivity index (χ0v) is 13.8. The van der Waals surface area contributed by atoms with Crippen molar-refractivity contribution < 1.29 is 4.79 Å². The molecular formula is C18H19N5O. The smallest absolute Gasteiger partial charge is 0.222 e. The SMILES string of the molecule is CC(=O)Nc1cc2n(n1)CCc1cnc(C3=CC(C)CC=C3)nc1-2. The molecule has 1 aliphatic heterocycles. The average Bonchev–Trinajstić information content (AvgIpc) is 2.96. The number of rotatable bonds is 2. The van der Waals surface area contributed by atoms with Gasteiger partial charge in [-0.25, -0.2) is 9.97 Å². The molecule has 122 valence electrons. The van der Waals surface area contributed by atoms with Crippen molar-refractivity contribution in [2.24, 2.45) is 5.92 Å². The van der Waals surface area contributed by atoms with Gasteiger partial charge in [0.1, 0.15) is 0 Å². The molecule has 1 unspecified atom stereocenters. The van der Waals surface area contributed by atoms with Crippen molar-refractivity contribution in [3.05, 3.63) is 41.9 Å². The molecule has 3 heterocycles. The summed E-state index contributed by atoms with van der Waals surface area (Å²) in [6, 6.07) is 1.88. The molecule has 0 aromatic carbocycles. The molecule has 2 aliphatic rings. The first kappa shape index (κ1) is 14.8. The van der Waals surface area contributed by atoms with Crippen molar-refractivity contribution in [1.29, 1.82) is 0 Å². The van der Waals surface area contributed by atoms with Gasteiger partial charge in [0.15, 0.2) is 11.6 Å². The lowest BCUT2D eigenvalue weighted by Gasteiger charge is -2.18. The fourth-order valence-corrected chi connectivity index (χ4v) is 3.19. The van der Waals surface area contributed by atoms with E-state index in [0.717, 1.165) is 47.7 Å². The zero-order chi connectivity index (χ0) is 16.7. The van der Waals surface area contributed by atoms with E-state index in [1.807, 2.05) is 16.9 Å². The third-order valence-electron chi connectivity index (χ3n) is 4.31. The first-order valence-corrected chi connectivity index (χ1v) is 8.20. The minimum Gasteiger partial charge on any atom is -0.309 e. The molecule has 6 nitrogen and oxygen atoms in total. The Balaban J connectivity index is 1.76. The first-order chi connectivity index (χ1) is 11.6. The van der Waals surface area contributed by atoms with E-state index in [1.165, 1.54) is 6.92 Å². The van der Waals surface area contributed by atoms with E-state index in [2.05, 4.69) is 40.6 Å². The standard InChI is InChI=1S/C18H19N5O/c1-11-4-3-5-13(8-11)18-19-10-14-6-7-23-15(17(14)21-18)9-16(22-23)20-12(2)24/h3,5,8-11H,4,6-7H2,1-2H3,(H,20,22,24). The number of carbonyl (C=O) groups excluding carboxylic acids is 1. The maximum atomic E-state index is 11.3. The Morgan fingerprint density at radius 3 is 3.08 bits per heavy atom. The molecule has 0 saturated heterocycles. The molecule has 0 saturated carbocycles. The first-order valence-electron chi connectivity index (χ1n) is 8.20. The highest BCUT2D eigenvalue weighted by Gasteiger charge is 2.22. The number of nitrogens with one attached hydrogen (secondary N) is 1. The van der Waals surface area contributed by atoms with Gasteiger partial charge in [0.25, 0.3) is 0 Å². The van der Waals surface area contributed by atoms with Gasteiger partial charge in [0.2, 0.25) is 5.91 Å². The summed E-state index contributed by atoms with van der Waals surface area (Å²) in [4.78, 5) is 20.6. The van der Waals surface area contributed by atoms with Gasteiger partial charge in [0, 0.05) is 36.9 Å². The Bertz CT molecular complexity index is 878. The lowest BCUT2D eigenvalue weighted by Crippen LogP contribution is -2.15. The van der Waals surface area contributed by atoms with Gasteiger partial charge in [-0.3, -0.25) is 9.48 Å². The van der Waals surface area contributed by atoms with E-state index < -0.39 is 0 Å². The molecule has 2 aromatic rings. The third-order valence-corrected chi connectivity index (χ3v) is 4.31. The fraction of sp³-hybridized carbons (Fsp3) is 0.333. The number of nitrogens with zero attached hydrogens (tertiary/aromatic N) is 4. The van der Waals surface area contributed by atoms with Crippen LogP contribution in [0.4, 0.5) is 5.82 Å². The number of anilines is 1. The molecule has 1 aliphatic carbocycles. The van der Waals surface area contributed by atoms with Crippen LogP contribution in [-0.4, -0.2) is 25.7 Å². The second-order valence-corrected chi connectivity index (χ2v) is 6.37. The highest BCUT2D eigenvalue weighted by Crippen LogP contribution is 2.31. The van der Waals surface area contributed by atoms with Crippen LogP contribution in [0.3, 0.4) is 0 Å². The number of hydrogen-bond acceptors (Lipinski definition) is 4. The van der Waals surface area contributed by atoms with Crippen LogP contribution < -0.4 is 5.32 Å². The van der Waals surface area contributed by atoms with Gasteiger partial charge < -0.3 is 5.32 Å². The Labute approximate surface area is 140 Å². The van der Waals surface area contributed by atoms with Crippen LogP contribution >= 0.6 is 0 Å². The molecule has 1 amide bonds. The summed E-state index contributed by atoms with van der Waals surface area (Å²) < 4.78 is 1.90. The quantitative estimate of drug-likeness (QED) is 0.923. The minimum atomic E-state index is -0.125. The molecular weight excluding hydrogens is 302 g/mol. The molecule has 24 heavy (non-hydrogen) atoms. The summed E-state index contributed by atoms with van der Waals surface area (Å²) in [5, 5.41) is 7.18.